The lowest BCUT2D eigenvalue weighted by molar-refractivity contribution is 0.0188. The van der Waals surface area contributed by atoms with Crippen LogP contribution in [0, 0.1) is 11.8 Å². The molecule has 2 N–H and O–H groups in total. The first-order valence-electron chi connectivity index (χ1n) is 39.6. The number of amides is 2. The summed E-state index contributed by atoms with van der Waals surface area (Å²) in [6.45, 7) is 92.0. The van der Waals surface area contributed by atoms with Crippen LogP contribution in [0.15, 0.2) is 146 Å². The Morgan fingerprint density at radius 1 is 0.347 bits per heavy atom. The van der Waals surface area contributed by atoms with Gasteiger partial charge in [0.2, 0.25) is 0 Å². The molecule has 588 valence electrons. The second-order valence-corrected chi connectivity index (χ2v) is 18.4. The molecule has 4 aliphatic rings. The molecular weight excluding hydrogens is 1210 g/mol. The lowest BCUT2D eigenvalue weighted by atomic mass is 10.00. The van der Waals surface area contributed by atoms with Crippen molar-refractivity contribution in [3.63, 3.8) is 0 Å². The van der Waals surface area contributed by atoms with Crippen LogP contribution in [0.2, 0.25) is 0 Å². The number of aromatic nitrogens is 4. The fourth-order valence-electron chi connectivity index (χ4n) is 5.73. The lowest BCUT2D eigenvalue weighted by Gasteiger charge is -2.32. The number of ether oxygens (including phenoxy) is 2. The third-order valence-corrected chi connectivity index (χ3v) is 9.71. The SMILES string of the molecule is CC.CC.CC.CC.CC.CC.CC.CC.CC.CC.CC.CC.CC.CC.CC.CC.CC1=CCN(C(=O)OC(C)(C)C)CC1.CC1=CCNCC1.CC1CCN(C(=O)OC(C)(C)C)CC1.CC1CCNCC1.c1ccncc1.c1ccncc1.c1ccncc1.c1ccncc1. The van der Waals surface area contributed by atoms with Crippen LogP contribution in [0.4, 0.5) is 9.59 Å². The first kappa shape index (κ1) is 132. The van der Waals surface area contributed by atoms with E-state index in [-0.39, 0.29) is 17.8 Å². The van der Waals surface area contributed by atoms with Crippen molar-refractivity contribution >= 4 is 12.2 Å². The van der Waals surface area contributed by atoms with Crippen LogP contribution in [0.5, 0.6) is 0 Å². The molecule has 98 heavy (non-hydrogen) atoms. The Hall–Kier alpha value is -5.46. The molecule has 0 spiro atoms. The minimum atomic E-state index is -0.396. The highest BCUT2D eigenvalue weighted by Gasteiger charge is 2.25. The maximum atomic E-state index is 11.6. The summed E-state index contributed by atoms with van der Waals surface area (Å²) in [4.78, 5) is 41.9. The topological polar surface area (TPSA) is 135 Å². The lowest BCUT2D eigenvalue weighted by Crippen LogP contribution is -2.41. The number of carbonyl (C=O) groups excluding carboxylic acids is 2. The molecule has 0 radical (unpaired) electrons. The molecule has 4 aromatic rings. The molecule has 4 aromatic heterocycles. The van der Waals surface area contributed by atoms with Gasteiger partial charge in [-0.15, -0.1) is 0 Å². The smallest absolute Gasteiger partial charge is 0.410 e. The molecule has 12 nitrogen and oxygen atoms in total. The van der Waals surface area contributed by atoms with Crippen LogP contribution in [-0.2, 0) is 9.47 Å². The van der Waals surface area contributed by atoms with Crippen LogP contribution >= 0.6 is 0 Å². The third-order valence-electron chi connectivity index (χ3n) is 9.71. The number of nitrogens with zero attached hydrogens (tertiary/aromatic N) is 6. The van der Waals surface area contributed by atoms with Gasteiger partial charge >= 0.3 is 12.2 Å². The van der Waals surface area contributed by atoms with Crippen LogP contribution in [0.3, 0.4) is 0 Å². The first-order chi connectivity index (χ1) is 47.6. The first-order valence-corrected chi connectivity index (χ1v) is 39.6. The molecule has 0 aromatic carbocycles. The minimum Gasteiger partial charge on any atom is -0.444 e. The van der Waals surface area contributed by atoms with Gasteiger partial charge in [0.05, 0.1) is 0 Å². The normalized spacial score (nSPS) is 11.6. The largest absolute Gasteiger partial charge is 0.444 e. The van der Waals surface area contributed by atoms with Gasteiger partial charge < -0.3 is 29.9 Å². The summed E-state index contributed by atoms with van der Waals surface area (Å²) in [7, 11) is 0. The van der Waals surface area contributed by atoms with Gasteiger partial charge in [0.1, 0.15) is 11.2 Å². The van der Waals surface area contributed by atoms with E-state index in [0.29, 0.717) is 6.54 Å². The average Bonchev–Trinajstić information content (AvgIpc) is 0.954. The molecule has 2 saturated heterocycles. The summed E-state index contributed by atoms with van der Waals surface area (Å²) in [6.07, 6.45) is 25.1. The van der Waals surface area contributed by atoms with Crippen molar-refractivity contribution in [2.24, 2.45) is 11.8 Å². The molecule has 2 fully saturated rings. The molecule has 8 rings (SSSR count). The van der Waals surface area contributed by atoms with Crippen molar-refractivity contribution in [1.29, 1.82) is 0 Å². The van der Waals surface area contributed by atoms with Crippen LogP contribution in [0.25, 0.3) is 0 Å². The standard InChI is InChI=1S/C11H21NO2.C11H19NO2.C6H13N.C6H11N.4C5H5N.16C2H6/c2*1-9-5-7-12(8-6-9)10(13)14-11(2,3)4;2*1-6-2-4-7-5-3-6;4*1-2-4-6-5-3-1;16*1-2/h9H,5-8H2,1-4H3;5H,6-8H2,1-4H3;6-7H,2-5H2,1H3;2,7H,3-5H2,1H3;4*1-5H;16*1-2H3. The maximum absolute atomic E-state index is 11.6. The zero-order chi connectivity index (χ0) is 80.7. The minimum absolute atomic E-state index is 0.163. The van der Waals surface area contributed by atoms with Gasteiger partial charge in [0.25, 0.3) is 0 Å². The monoisotopic (exact) mass is 1390 g/mol. The number of rotatable bonds is 0. The molecule has 12 heteroatoms. The Labute approximate surface area is 618 Å². The molecule has 0 bridgehead atoms. The summed E-state index contributed by atoms with van der Waals surface area (Å²) in [6, 6.07) is 22.9. The summed E-state index contributed by atoms with van der Waals surface area (Å²) < 4.78 is 10.6. The zero-order valence-corrected chi connectivity index (χ0v) is 74.1. The van der Waals surface area contributed by atoms with E-state index in [1.165, 1.54) is 50.0 Å². The van der Waals surface area contributed by atoms with Crippen molar-refractivity contribution in [3.8, 4) is 0 Å². The van der Waals surface area contributed by atoms with Crippen molar-refractivity contribution in [1.82, 2.24) is 40.4 Å². The van der Waals surface area contributed by atoms with Crippen LogP contribution in [0.1, 0.15) is 329 Å². The van der Waals surface area contributed by atoms with Gasteiger partial charge in [-0.3, -0.25) is 19.9 Å². The Morgan fingerprint density at radius 3 is 0.765 bits per heavy atom. The van der Waals surface area contributed by atoms with Gasteiger partial charge in [-0.05, 0) is 174 Å². The van der Waals surface area contributed by atoms with E-state index in [0.717, 1.165) is 57.3 Å². The molecule has 0 saturated carbocycles. The quantitative estimate of drug-likeness (QED) is 0.164. The predicted octanol–water partition coefficient (Wildman–Crippen LogP) is 27.9. The number of carbonyl (C=O) groups is 2. The van der Waals surface area contributed by atoms with Crippen molar-refractivity contribution in [2.45, 2.75) is 341 Å². The fourth-order valence-corrected chi connectivity index (χ4v) is 5.73. The molecule has 2 amide bonds. The highest BCUT2D eigenvalue weighted by Crippen LogP contribution is 2.19. The molecule has 0 aliphatic carbocycles. The van der Waals surface area contributed by atoms with Crippen molar-refractivity contribution in [3.05, 3.63) is 146 Å². The number of piperidine rings is 2. The van der Waals surface area contributed by atoms with Gasteiger partial charge in [0, 0.05) is 82.3 Å². The van der Waals surface area contributed by atoms with Gasteiger partial charge in [-0.2, -0.15) is 0 Å². The Morgan fingerprint density at radius 2 is 0.602 bits per heavy atom. The molecule has 8 heterocycles. The Balaban J connectivity index is -0.0000000536. The van der Waals surface area contributed by atoms with E-state index >= 15 is 0 Å². The summed E-state index contributed by atoms with van der Waals surface area (Å²) >= 11 is 0. The van der Waals surface area contributed by atoms with Crippen molar-refractivity contribution < 1.29 is 19.1 Å². The van der Waals surface area contributed by atoms with E-state index in [1.54, 1.807) is 54.5 Å². The third kappa shape index (κ3) is 138. The Bertz CT molecular complexity index is 1550. The molecular formula is C86H180N8O4. The molecule has 4 aliphatic heterocycles. The van der Waals surface area contributed by atoms with E-state index in [1.807, 2.05) is 341 Å². The summed E-state index contributed by atoms with van der Waals surface area (Å²) in [5, 5.41) is 6.55. The van der Waals surface area contributed by atoms with E-state index in [9.17, 15) is 9.59 Å². The highest BCUT2D eigenvalue weighted by atomic mass is 16.6. The second-order valence-electron chi connectivity index (χ2n) is 18.4. The van der Waals surface area contributed by atoms with E-state index in [2.05, 4.69) is 70.4 Å². The number of hydrogen-bond donors (Lipinski definition) is 2. The predicted molar refractivity (Wildman–Crippen MR) is 453 cm³/mol. The van der Waals surface area contributed by atoms with E-state index in [4.69, 9.17) is 9.47 Å². The number of hydrogen-bond acceptors (Lipinski definition) is 10. The van der Waals surface area contributed by atoms with Gasteiger partial charge in [0.15, 0.2) is 0 Å². The Kier molecular flexibility index (Phi) is 182. The van der Waals surface area contributed by atoms with Crippen molar-refractivity contribution in [2.75, 3.05) is 52.4 Å². The zero-order valence-electron chi connectivity index (χ0n) is 74.1. The number of nitrogens with one attached hydrogen (secondary N) is 2. The summed E-state index contributed by atoms with van der Waals surface area (Å²) in [5.41, 5.74) is 2.11. The maximum Gasteiger partial charge on any atom is 0.410 e. The number of likely N-dealkylation sites (tertiary alicyclic amines) is 1. The number of pyridine rings is 4. The summed E-state index contributed by atoms with van der Waals surface area (Å²) in [5.74, 6) is 1.72. The average molecular weight is 1390 g/mol. The van der Waals surface area contributed by atoms with Gasteiger partial charge in [-0.25, -0.2) is 9.59 Å². The van der Waals surface area contributed by atoms with E-state index < -0.39 is 5.60 Å². The fraction of sp³-hybridized carbons (Fsp3) is 0.698. The van der Waals surface area contributed by atoms with Gasteiger partial charge in [-0.1, -0.05) is 283 Å². The molecule has 0 atom stereocenters. The molecule has 0 unspecified atom stereocenters. The van der Waals surface area contributed by atoms with Crippen LogP contribution in [-0.4, -0.2) is 105 Å². The van der Waals surface area contributed by atoms with Crippen LogP contribution < -0.4 is 10.6 Å². The second kappa shape index (κ2) is 135. The highest BCUT2D eigenvalue weighted by molar-refractivity contribution is 5.69.